The minimum atomic E-state index is -0.262. The molecule has 2 aliphatic carbocycles. The minimum absolute atomic E-state index is 0.123. The van der Waals surface area contributed by atoms with Crippen LogP contribution in [0.2, 0.25) is 0 Å². The summed E-state index contributed by atoms with van der Waals surface area (Å²) in [7, 11) is 0. The Morgan fingerprint density at radius 3 is 1.45 bits per heavy atom. The van der Waals surface area contributed by atoms with E-state index in [1.54, 1.807) is 0 Å². The number of hydrogen-bond acceptors (Lipinski definition) is 1. The zero-order chi connectivity index (χ0) is 49.5. The third-order valence-corrected chi connectivity index (χ3v) is 16.6. The third kappa shape index (κ3) is 6.77. The summed E-state index contributed by atoms with van der Waals surface area (Å²) in [6.45, 7) is 7.15. The second kappa shape index (κ2) is 17.0. The third-order valence-electron chi connectivity index (χ3n) is 16.6. The molecule has 0 amide bonds. The summed E-state index contributed by atoms with van der Waals surface area (Å²) in [6, 6.07) is 99.1. The maximum atomic E-state index is 2.43. The average Bonchev–Trinajstić information content (AvgIpc) is 3.92. The number of fused-ring (bicyclic) bond motifs is 9. The number of rotatable bonds is 8. The minimum Gasteiger partial charge on any atom is -0.311 e. The van der Waals surface area contributed by atoms with E-state index in [2.05, 4.69) is 293 Å². The van der Waals surface area contributed by atoms with Crippen molar-refractivity contribution in [3.63, 3.8) is 0 Å². The molecule has 0 fully saturated rings. The van der Waals surface area contributed by atoms with E-state index in [1.165, 1.54) is 116 Å². The van der Waals surface area contributed by atoms with E-state index in [0.29, 0.717) is 0 Å². The Kier molecular flexibility index (Phi) is 10.1. The van der Waals surface area contributed by atoms with Gasteiger partial charge in [0.1, 0.15) is 0 Å². The maximum absolute atomic E-state index is 2.43. The molecule has 350 valence electrons. The predicted molar refractivity (Wildman–Crippen MR) is 313 cm³/mol. The van der Waals surface area contributed by atoms with Gasteiger partial charge < -0.3 is 4.90 Å². The van der Waals surface area contributed by atoms with Crippen LogP contribution < -0.4 is 4.90 Å². The highest BCUT2D eigenvalue weighted by Crippen LogP contribution is 2.55. The molecule has 1 nitrogen and oxygen atoms in total. The molecule has 0 spiro atoms. The first-order chi connectivity index (χ1) is 36.3. The van der Waals surface area contributed by atoms with Crippen LogP contribution in [-0.2, 0) is 10.8 Å². The molecule has 0 heterocycles. The van der Waals surface area contributed by atoms with E-state index in [9.17, 15) is 0 Å². The van der Waals surface area contributed by atoms with Crippen LogP contribution >= 0.6 is 0 Å². The topological polar surface area (TPSA) is 3.24 Å². The molecule has 12 aromatic carbocycles. The molecule has 1 atom stereocenters. The molecule has 1 heteroatoms. The van der Waals surface area contributed by atoms with E-state index in [-0.39, 0.29) is 10.8 Å². The first-order valence-corrected chi connectivity index (χ1v) is 26.0. The Morgan fingerprint density at radius 1 is 0.270 bits per heavy atom. The van der Waals surface area contributed by atoms with Crippen molar-refractivity contribution in [2.24, 2.45) is 0 Å². The fourth-order valence-corrected chi connectivity index (χ4v) is 12.9. The molecule has 0 bridgehead atoms. The standard InChI is InChI=1S/C73H53N/c1-72(2)68-29-13-11-24-64(68)67-28-16-27-66(71(67)72)61-22-10-9-21-58(61)50-33-41-55(42-34-50)74(56-43-35-51(36-44-56)59-25-15-26-60-57-20-8-7-17-49(57)37-45-62(59)60)54-39-31-48(32-40-54)52-38-46-65-63-23-12-14-30-69(63)73(3,70(65)47-52)53-18-5-4-6-19-53/h4-47H,1-3H3. The van der Waals surface area contributed by atoms with Crippen molar-refractivity contribution < 1.29 is 0 Å². The zero-order valence-electron chi connectivity index (χ0n) is 41.9. The highest BCUT2D eigenvalue weighted by molar-refractivity contribution is 6.12. The quantitative estimate of drug-likeness (QED) is 0.137. The monoisotopic (exact) mass is 943 g/mol. The Bertz CT molecular complexity index is 4140. The van der Waals surface area contributed by atoms with Crippen molar-refractivity contribution >= 4 is 38.6 Å². The van der Waals surface area contributed by atoms with E-state index >= 15 is 0 Å². The summed E-state index contributed by atoms with van der Waals surface area (Å²) in [5.74, 6) is 0. The van der Waals surface area contributed by atoms with Gasteiger partial charge in [0.15, 0.2) is 0 Å². The molecular formula is C73H53N. The lowest BCUT2D eigenvalue weighted by Crippen LogP contribution is -2.22. The second-order valence-electron chi connectivity index (χ2n) is 20.9. The molecule has 0 aliphatic heterocycles. The van der Waals surface area contributed by atoms with Gasteiger partial charge in [-0.05, 0) is 166 Å². The number of benzene rings is 12. The lowest BCUT2D eigenvalue weighted by Gasteiger charge is -2.28. The summed E-state index contributed by atoms with van der Waals surface area (Å²) < 4.78 is 0. The molecule has 2 aliphatic rings. The Labute approximate surface area is 434 Å². The summed E-state index contributed by atoms with van der Waals surface area (Å²) in [5, 5.41) is 5.07. The van der Waals surface area contributed by atoms with Gasteiger partial charge in [-0.15, -0.1) is 0 Å². The van der Waals surface area contributed by atoms with Crippen molar-refractivity contribution in [2.75, 3.05) is 4.90 Å². The lowest BCUT2D eigenvalue weighted by atomic mass is 9.74. The molecule has 1 unspecified atom stereocenters. The van der Waals surface area contributed by atoms with E-state index in [0.717, 1.165) is 17.1 Å². The van der Waals surface area contributed by atoms with Crippen LogP contribution in [0.3, 0.4) is 0 Å². The molecular weight excluding hydrogens is 891 g/mol. The molecule has 74 heavy (non-hydrogen) atoms. The number of hydrogen-bond donors (Lipinski definition) is 0. The molecule has 0 aromatic heterocycles. The van der Waals surface area contributed by atoms with Crippen LogP contribution in [0.4, 0.5) is 17.1 Å². The summed E-state index contributed by atoms with van der Waals surface area (Å²) in [6.07, 6.45) is 0. The fourth-order valence-electron chi connectivity index (χ4n) is 12.9. The lowest BCUT2D eigenvalue weighted by molar-refractivity contribution is 0.662. The van der Waals surface area contributed by atoms with Gasteiger partial charge in [0.25, 0.3) is 0 Å². The van der Waals surface area contributed by atoms with Crippen LogP contribution in [0.1, 0.15) is 48.6 Å². The Hall–Kier alpha value is -9.04. The number of nitrogens with zero attached hydrogens (tertiary/aromatic N) is 1. The van der Waals surface area contributed by atoms with Crippen LogP contribution in [-0.4, -0.2) is 0 Å². The summed E-state index contributed by atoms with van der Waals surface area (Å²) in [4.78, 5) is 2.40. The largest absolute Gasteiger partial charge is 0.311 e. The second-order valence-corrected chi connectivity index (χ2v) is 20.9. The van der Waals surface area contributed by atoms with E-state index in [1.807, 2.05) is 0 Å². The SMILES string of the molecule is CC1(C)c2ccccc2-c2cccc(-c3ccccc3-c3ccc(N(c4ccc(-c5ccc6c(c5)C(C)(c5ccccc5)c5ccccc5-6)cc4)c4ccc(-c5cccc6c5ccc5ccccc56)cc4)cc3)c21. The van der Waals surface area contributed by atoms with Gasteiger partial charge in [-0.1, -0.05) is 238 Å². The molecule has 0 saturated heterocycles. The Balaban J connectivity index is 0.855. The number of anilines is 3. The summed E-state index contributed by atoms with van der Waals surface area (Å²) in [5.41, 5.74) is 24.8. The smallest absolute Gasteiger partial charge is 0.0462 e. The summed E-state index contributed by atoms with van der Waals surface area (Å²) >= 11 is 0. The van der Waals surface area contributed by atoms with Gasteiger partial charge in [-0.3, -0.25) is 0 Å². The van der Waals surface area contributed by atoms with E-state index < -0.39 is 0 Å². The first-order valence-electron chi connectivity index (χ1n) is 26.0. The van der Waals surface area contributed by atoms with Gasteiger partial charge in [0, 0.05) is 27.9 Å². The first kappa shape index (κ1) is 43.7. The zero-order valence-corrected chi connectivity index (χ0v) is 41.9. The molecule has 0 saturated carbocycles. The van der Waals surface area contributed by atoms with Crippen molar-refractivity contribution in [3.05, 3.63) is 295 Å². The predicted octanol–water partition coefficient (Wildman–Crippen LogP) is 19.8. The highest BCUT2D eigenvalue weighted by Gasteiger charge is 2.41. The molecule has 0 radical (unpaired) electrons. The molecule has 12 aromatic rings. The highest BCUT2D eigenvalue weighted by atomic mass is 15.1. The molecule has 0 N–H and O–H groups in total. The van der Waals surface area contributed by atoms with Crippen LogP contribution in [0, 0.1) is 0 Å². The van der Waals surface area contributed by atoms with Crippen LogP contribution in [0.25, 0.3) is 88.3 Å². The van der Waals surface area contributed by atoms with Gasteiger partial charge in [-0.2, -0.15) is 0 Å². The van der Waals surface area contributed by atoms with Gasteiger partial charge in [-0.25, -0.2) is 0 Å². The maximum Gasteiger partial charge on any atom is 0.0462 e. The Morgan fingerprint density at radius 2 is 0.743 bits per heavy atom. The van der Waals surface area contributed by atoms with Gasteiger partial charge >= 0.3 is 0 Å². The van der Waals surface area contributed by atoms with Crippen molar-refractivity contribution in [2.45, 2.75) is 31.6 Å². The van der Waals surface area contributed by atoms with Crippen molar-refractivity contribution in [3.8, 4) is 66.8 Å². The fraction of sp³-hybridized carbons (Fsp3) is 0.0685. The average molecular weight is 944 g/mol. The van der Waals surface area contributed by atoms with Crippen LogP contribution in [0.15, 0.2) is 267 Å². The van der Waals surface area contributed by atoms with E-state index in [4.69, 9.17) is 0 Å². The normalized spacial score (nSPS) is 14.9. The van der Waals surface area contributed by atoms with Crippen molar-refractivity contribution in [1.82, 2.24) is 0 Å². The molecule has 14 rings (SSSR count). The van der Waals surface area contributed by atoms with Crippen molar-refractivity contribution in [1.29, 1.82) is 0 Å². The van der Waals surface area contributed by atoms with Crippen LogP contribution in [0.5, 0.6) is 0 Å². The van der Waals surface area contributed by atoms with Gasteiger partial charge in [0.2, 0.25) is 0 Å². The van der Waals surface area contributed by atoms with Gasteiger partial charge in [0.05, 0.1) is 0 Å².